The Morgan fingerprint density at radius 3 is 2.54 bits per heavy atom. The maximum atomic E-state index is 11.9. The minimum atomic E-state index is -0.979. The van der Waals surface area contributed by atoms with Crippen molar-refractivity contribution in [2.24, 2.45) is 0 Å². The summed E-state index contributed by atoms with van der Waals surface area (Å²) < 4.78 is 5.66. The third-order valence-corrected chi connectivity index (χ3v) is 4.70. The molecule has 1 aliphatic heterocycles. The molecule has 26 heavy (non-hydrogen) atoms. The van der Waals surface area contributed by atoms with Crippen LogP contribution in [0.4, 0.5) is 4.79 Å². The summed E-state index contributed by atoms with van der Waals surface area (Å²) in [5, 5.41) is 8.71. The predicted molar refractivity (Wildman–Crippen MR) is 97.9 cm³/mol. The molecule has 1 fully saturated rings. The second-order valence-electron chi connectivity index (χ2n) is 5.60. The van der Waals surface area contributed by atoms with Crippen molar-refractivity contribution >= 4 is 35.0 Å². The van der Waals surface area contributed by atoms with Gasteiger partial charge in [0.15, 0.2) is 0 Å². The summed E-state index contributed by atoms with van der Waals surface area (Å²) in [6.07, 6.45) is 1.66. The van der Waals surface area contributed by atoms with Crippen LogP contribution in [-0.2, 0) is 11.4 Å². The zero-order valence-corrected chi connectivity index (χ0v) is 14.7. The molecular weight excluding hydrogens is 354 g/mol. The van der Waals surface area contributed by atoms with Gasteiger partial charge in [-0.15, -0.1) is 0 Å². The molecule has 0 radical (unpaired) electrons. The molecule has 0 aliphatic carbocycles. The number of likely N-dealkylation sites (N-methyl/N-ethyl adjacent to an activating group) is 1. The van der Waals surface area contributed by atoms with Crippen LogP contribution in [0, 0.1) is 0 Å². The highest BCUT2D eigenvalue weighted by molar-refractivity contribution is 8.18. The van der Waals surface area contributed by atoms with Gasteiger partial charge in [0.25, 0.3) is 11.1 Å². The average Bonchev–Trinajstić information content (AvgIpc) is 2.88. The minimum Gasteiger partial charge on any atom is -0.489 e. The largest absolute Gasteiger partial charge is 0.489 e. The third-order valence-electron chi connectivity index (χ3n) is 3.74. The Morgan fingerprint density at radius 1 is 1.19 bits per heavy atom. The molecule has 7 heteroatoms. The monoisotopic (exact) mass is 369 g/mol. The first-order valence-electron chi connectivity index (χ1n) is 7.71. The fourth-order valence-electron chi connectivity index (χ4n) is 2.32. The second-order valence-corrected chi connectivity index (χ2v) is 6.60. The number of aromatic carboxylic acids is 1. The van der Waals surface area contributed by atoms with Crippen molar-refractivity contribution in [1.82, 2.24) is 4.90 Å². The summed E-state index contributed by atoms with van der Waals surface area (Å²) >= 11 is 0.911. The van der Waals surface area contributed by atoms with Crippen molar-refractivity contribution in [3.05, 3.63) is 70.1 Å². The van der Waals surface area contributed by atoms with Crippen LogP contribution < -0.4 is 4.74 Å². The number of carboxylic acids is 1. The molecule has 6 nitrogen and oxygen atoms in total. The second kappa shape index (κ2) is 7.45. The molecule has 1 N–H and O–H groups in total. The number of benzene rings is 2. The van der Waals surface area contributed by atoms with Gasteiger partial charge in [-0.2, -0.15) is 0 Å². The van der Waals surface area contributed by atoms with E-state index >= 15 is 0 Å². The fraction of sp³-hybridized carbons (Fsp3) is 0.105. The summed E-state index contributed by atoms with van der Waals surface area (Å²) in [4.78, 5) is 35.8. The molecule has 2 amide bonds. The third kappa shape index (κ3) is 3.94. The van der Waals surface area contributed by atoms with Gasteiger partial charge >= 0.3 is 5.97 Å². The first kappa shape index (κ1) is 17.8. The van der Waals surface area contributed by atoms with Gasteiger partial charge in [0, 0.05) is 7.05 Å². The van der Waals surface area contributed by atoms with Gasteiger partial charge in [-0.3, -0.25) is 14.5 Å². The highest BCUT2D eigenvalue weighted by atomic mass is 32.2. The van der Waals surface area contributed by atoms with E-state index in [-0.39, 0.29) is 23.3 Å². The highest BCUT2D eigenvalue weighted by Gasteiger charge is 2.31. The lowest BCUT2D eigenvalue weighted by molar-refractivity contribution is -0.121. The SMILES string of the molecule is CN1C(=O)SC(=Cc2ccc(OCc3cccc(C(=O)O)c3)cc2)C1=O. The van der Waals surface area contributed by atoms with Gasteiger partial charge in [-0.25, -0.2) is 4.79 Å². The summed E-state index contributed by atoms with van der Waals surface area (Å²) in [6.45, 7) is 0.245. The number of rotatable bonds is 5. The average molecular weight is 369 g/mol. The standard InChI is InChI=1S/C19H15NO5S/c1-20-17(21)16(26-19(20)24)10-12-5-7-15(8-6-12)25-11-13-3-2-4-14(9-13)18(22)23/h2-10H,11H2,1H3,(H,22,23). The van der Waals surface area contributed by atoms with Gasteiger partial charge in [0.2, 0.25) is 0 Å². The van der Waals surface area contributed by atoms with Crippen molar-refractivity contribution in [3.63, 3.8) is 0 Å². The summed E-state index contributed by atoms with van der Waals surface area (Å²) in [5.74, 6) is -0.669. The molecule has 1 heterocycles. The lowest BCUT2D eigenvalue weighted by Crippen LogP contribution is -2.22. The first-order valence-corrected chi connectivity index (χ1v) is 8.52. The molecule has 3 rings (SSSR count). The Labute approximate surface area is 154 Å². The number of hydrogen-bond acceptors (Lipinski definition) is 5. The molecule has 0 atom stereocenters. The maximum Gasteiger partial charge on any atom is 0.335 e. The van der Waals surface area contributed by atoms with Gasteiger partial charge < -0.3 is 9.84 Å². The van der Waals surface area contributed by atoms with E-state index in [9.17, 15) is 14.4 Å². The van der Waals surface area contributed by atoms with E-state index in [1.165, 1.54) is 13.1 Å². The Kier molecular flexibility index (Phi) is 5.09. The number of carbonyl (C=O) groups excluding carboxylic acids is 2. The van der Waals surface area contributed by atoms with Gasteiger partial charge in [-0.05, 0) is 53.2 Å². The molecule has 0 unspecified atom stereocenters. The van der Waals surface area contributed by atoms with Crippen LogP contribution in [0.25, 0.3) is 6.08 Å². The number of carbonyl (C=O) groups is 3. The van der Waals surface area contributed by atoms with Crippen molar-refractivity contribution < 1.29 is 24.2 Å². The van der Waals surface area contributed by atoms with Gasteiger partial charge in [-0.1, -0.05) is 24.3 Å². The number of hydrogen-bond donors (Lipinski definition) is 1. The summed E-state index contributed by atoms with van der Waals surface area (Å²) in [7, 11) is 1.45. The van der Waals surface area contributed by atoms with Crippen molar-refractivity contribution in [2.45, 2.75) is 6.61 Å². The molecule has 2 aromatic rings. The highest BCUT2D eigenvalue weighted by Crippen LogP contribution is 2.31. The molecule has 132 valence electrons. The Balaban J connectivity index is 1.65. The van der Waals surface area contributed by atoms with Crippen LogP contribution in [0.5, 0.6) is 5.75 Å². The van der Waals surface area contributed by atoms with E-state index in [0.29, 0.717) is 10.7 Å². The van der Waals surface area contributed by atoms with Crippen molar-refractivity contribution in [3.8, 4) is 5.75 Å². The van der Waals surface area contributed by atoms with Crippen LogP contribution in [0.2, 0.25) is 0 Å². The number of ether oxygens (including phenoxy) is 1. The van der Waals surface area contributed by atoms with Crippen molar-refractivity contribution in [1.29, 1.82) is 0 Å². The van der Waals surface area contributed by atoms with Gasteiger partial charge in [0.05, 0.1) is 10.5 Å². The smallest absolute Gasteiger partial charge is 0.335 e. The van der Waals surface area contributed by atoms with Crippen LogP contribution in [0.1, 0.15) is 21.5 Å². The zero-order valence-electron chi connectivity index (χ0n) is 13.8. The van der Waals surface area contributed by atoms with E-state index in [2.05, 4.69) is 0 Å². The van der Waals surface area contributed by atoms with Crippen LogP contribution in [-0.4, -0.2) is 34.2 Å². The van der Waals surface area contributed by atoms with Crippen LogP contribution in [0.3, 0.4) is 0 Å². The lowest BCUT2D eigenvalue weighted by atomic mass is 10.1. The van der Waals surface area contributed by atoms with Crippen LogP contribution >= 0.6 is 11.8 Å². The van der Waals surface area contributed by atoms with Crippen molar-refractivity contribution in [2.75, 3.05) is 7.05 Å². The molecule has 1 saturated heterocycles. The first-order chi connectivity index (χ1) is 12.4. The summed E-state index contributed by atoms with van der Waals surface area (Å²) in [5.41, 5.74) is 1.75. The number of carboxylic acid groups (broad SMARTS) is 1. The lowest BCUT2D eigenvalue weighted by Gasteiger charge is -2.07. The molecular formula is C19H15NO5S. The normalized spacial score (nSPS) is 15.6. The molecule has 0 saturated carbocycles. The Morgan fingerprint density at radius 2 is 1.92 bits per heavy atom. The molecule has 0 bridgehead atoms. The molecule has 0 spiro atoms. The molecule has 0 aromatic heterocycles. The zero-order chi connectivity index (χ0) is 18.7. The van der Waals surface area contributed by atoms with Gasteiger partial charge in [0.1, 0.15) is 12.4 Å². The Bertz CT molecular complexity index is 904. The minimum absolute atomic E-state index is 0.214. The van der Waals surface area contributed by atoms with E-state index in [0.717, 1.165) is 27.8 Å². The predicted octanol–water partition coefficient (Wildman–Crippen LogP) is 3.63. The number of amides is 2. The number of imide groups is 1. The number of nitrogens with zero attached hydrogens (tertiary/aromatic N) is 1. The maximum absolute atomic E-state index is 11.9. The van der Waals surface area contributed by atoms with Crippen LogP contribution in [0.15, 0.2) is 53.4 Å². The van der Waals surface area contributed by atoms with E-state index in [1.54, 1.807) is 48.5 Å². The van der Waals surface area contributed by atoms with E-state index < -0.39 is 5.97 Å². The number of thioether (sulfide) groups is 1. The fourth-order valence-corrected chi connectivity index (χ4v) is 3.15. The molecule has 2 aromatic carbocycles. The quantitative estimate of drug-likeness (QED) is 0.810. The topological polar surface area (TPSA) is 83.9 Å². The Hall–Kier alpha value is -3.06. The van der Waals surface area contributed by atoms with E-state index in [4.69, 9.17) is 9.84 Å². The van der Waals surface area contributed by atoms with E-state index in [1.807, 2.05) is 0 Å². The summed E-state index contributed by atoms with van der Waals surface area (Å²) in [6, 6.07) is 13.6. The molecule has 1 aliphatic rings.